The highest BCUT2D eigenvalue weighted by molar-refractivity contribution is 5.44. The van der Waals surface area contributed by atoms with Gasteiger partial charge in [0.15, 0.2) is 0 Å². The minimum absolute atomic E-state index is 0.750. The van der Waals surface area contributed by atoms with Gasteiger partial charge in [-0.15, -0.1) is 0 Å². The molecule has 0 aliphatic carbocycles. The van der Waals surface area contributed by atoms with Crippen LogP contribution in [0.2, 0.25) is 0 Å². The molecule has 3 aliphatic rings. The molecule has 3 rings (SSSR count). The van der Waals surface area contributed by atoms with Crippen molar-refractivity contribution in [3.8, 4) is 0 Å². The molecule has 3 saturated heterocycles. The van der Waals surface area contributed by atoms with Gasteiger partial charge >= 0.3 is 0 Å². The Morgan fingerprint density at radius 1 is 0.524 bits per heavy atom. The minimum Gasteiger partial charge on any atom is -0.381 e. The van der Waals surface area contributed by atoms with Gasteiger partial charge in [-0.3, -0.25) is 0 Å². The number of rotatable bonds is 0. The van der Waals surface area contributed by atoms with Crippen LogP contribution in [-0.4, -0.2) is 45.9 Å². The van der Waals surface area contributed by atoms with E-state index in [-0.39, 0.29) is 0 Å². The lowest BCUT2D eigenvalue weighted by Crippen LogP contribution is -2.03. The van der Waals surface area contributed by atoms with E-state index in [2.05, 4.69) is 0 Å². The zero-order valence-corrected chi connectivity index (χ0v) is 13.8. The molecular formula is C17H34O4. The zero-order valence-electron chi connectivity index (χ0n) is 13.8. The van der Waals surface area contributed by atoms with Gasteiger partial charge < -0.3 is 19.0 Å². The molecule has 0 radical (unpaired) electrons. The van der Waals surface area contributed by atoms with Crippen LogP contribution in [0, 0.1) is 0 Å². The van der Waals surface area contributed by atoms with E-state index in [1.807, 2.05) is 0 Å². The summed E-state index contributed by atoms with van der Waals surface area (Å²) in [6, 6.07) is 0. The molecular weight excluding hydrogens is 268 g/mol. The van der Waals surface area contributed by atoms with E-state index in [0.717, 1.165) is 45.9 Å². The second-order valence-electron chi connectivity index (χ2n) is 5.25. The van der Waals surface area contributed by atoms with Crippen molar-refractivity contribution in [3.63, 3.8) is 0 Å². The maximum Gasteiger partial charge on any atom is 0.116 e. The van der Waals surface area contributed by atoms with E-state index in [4.69, 9.17) is 19.0 Å². The van der Waals surface area contributed by atoms with Crippen molar-refractivity contribution >= 4 is 6.29 Å². The molecule has 3 aliphatic heterocycles. The molecule has 0 amide bonds. The Morgan fingerprint density at radius 2 is 0.714 bits per heavy atom. The smallest absolute Gasteiger partial charge is 0.116 e. The molecule has 0 aromatic carbocycles. The molecule has 0 atom stereocenters. The van der Waals surface area contributed by atoms with Crippen LogP contribution >= 0.6 is 0 Å². The van der Waals surface area contributed by atoms with Gasteiger partial charge in [0.1, 0.15) is 6.29 Å². The van der Waals surface area contributed by atoms with Crippen molar-refractivity contribution in [2.24, 2.45) is 0 Å². The Bertz CT molecular complexity index is 122. The maximum atomic E-state index is 8.81. The average molecular weight is 302 g/mol. The van der Waals surface area contributed by atoms with E-state index in [0.29, 0.717) is 0 Å². The number of carbonyl (C=O) groups is 1. The van der Waals surface area contributed by atoms with Crippen LogP contribution in [0.5, 0.6) is 0 Å². The fraction of sp³-hybridized carbons (Fsp3) is 0.941. The van der Waals surface area contributed by atoms with Gasteiger partial charge in [-0.1, -0.05) is 0 Å². The van der Waals surface area contributed by atoms with Gasteiger partial charge in [-0.2, -0.15) is 0 Å². The Labute approximate surface area is 130 Å². The van der Waals surface area contributed by atoms with E-state index < -0.39 is 0 Å². The van der Waals surface area contributed by atoms with E-state index >= 15 is 0 Å². The predicted octanol–water partition coefficient (Wildman–Crippen LogP) is 3.77. The lowest BCUT2D eigenvalue weighted by atomic mass is 10.2. The van der Waals surface area contributed by atoms with Crippen LogP contribution < -0.4 is 0 Å². The first kappa shape index (κ1) is 20.6. The summed E-state index contributed by atoms with van der Waals surface area (Å²) < 4.78 is 15.2. The van der Waals surface area contributed by atoms with Crippen molar-refractivity contribution in [1.82, 2.24) is 0 Å². The predicted molar refractivity (Wildman–Crippen MR) is 85.7 cm³/mol. The molecule has 0 bridgehead atoms. The van der Waals surface area contributed by atoms with Gasteiger partial charge in [-0.05, 0) is 64.7 Å². The number of aldehydes is 1. The molecule has 4 nitrogen and oxygen atoms in total. The molecule has 4 heteroatoms. The van der Waals surface area contributed by atoms with Crippen LogP contribution in [0.15, 0.2) is 0 Å². The summed E-state index contributed by atoms with van der Waals surface area (Å²) in [5, 5.41) is 0. The lowest BCUT2D eigenvalue weighted by molar-refractivity contribution is -0.106. The molecule has 126 valence electrons. The first-order chi connectivity index (χ1) is 10.4. The zero-order chi connectivity index (χ0) is 15.4. The monoisotopic (exact) mass is 302 g/mol. The number of hydrogen-bond acceptors (Lipinski definition) is 4. The highest BCUT2D eigenvalue weighted by atomic mass is 16.5. The molecule has 0 N–H and O–H groups in total. The van der Waals surface area contributed by atoms with Gasteiger partial charge in [0, 0.05) is 39.6 Å². The molecule has 3 fully saturated rings. The Balaban J connectivity index is 0.000000262. The lowest BCUT2D eigenvalue weighted by Gasteiger charge is -2.08. The second kappa shape index (κ2) is 19.6. The van der Waals surface area contributed by atoms with Crippen molar-refractivity contribution in [2.75, 3.05) is 39.6 Å². The highest BCUT2D eigenvalue weighted by Crippen LogP contribution is 2.03. The topological polar surface area (TPSA) is 44.8 Å². The molecule has 0 aromatic heterocycles. The summed E-state index contributed by atoms with van der Waals surface area (Å²) in [4.78, 5) is 8.81. The summed E-state index contributed by atoms with van der Waals surface area (Å²) in [6.07, 6.45) is 12.5. The third kappa shape index (κ3) is 19.6. The molecule has 0 saturated carbocycles. The molecule has 21 heavy (non-hydrogen) atoms. The summed E-state index contributed by atoms with van der Waals surface area (Å²) in [7, 11) is 0. The van der Waals surface area contributed by atoms with Crippen molar-refractivity contribution < 1.29 is 19.0 Å². The largest absolute Gasteiger partial charge is 0.381 e. The van der Waals surface area contributed by atoms with E-state index in [1.54, 1.807) is 0 Å². The minimum atomic E-state index is 0.750. The van der Waals surface area contributed by atoms with E-state index in [9.17, 15) is 0 Å². The SMILES string of the molecule is C1CCOCC1.C1CCOCC1.C1CCOCC1.CC=O. The normalized spacial score (nSPS) is 21.2. The van der Waals surface area contributed by atoms with Crippen molar-refractivity contribution in [1.29, 1.82) is 0 Å². The van der Waals surface area contributed by atoms with Crippen LogP contribution in [0.4, 0.5) is 0 Å². The summed E-state index contributed by atoms with van der Waals surface area (Å²) in [6.45, 7) is 7.44. The number of hydrogen-bond donors (Lipinski definition) is 0. The van der Waals surface area contributed by atoms with Crippen molar-refractivity contribution in [3.05, 3.63) is 0 Å². The van der Waals surface area contributed by atoms with Crippen LogP contribution in [-0.2, 0) is 19.0 Å². The first-order valence-electron chi connectivity index (χ1n) is 8.55. The van der Waals surface area contributed by atoms with Gasteiger partial charge in [-0.25, -0.2) is 0 Å². The molecule has 0 aromatic rings. The summed E-state index contributed by atoms with van der Waals surface area (Å²) in [5.74, 6) is 0. The van der Waals surface area contributed by atoms with Gasteiger partial charge in [0.05, 0.1) is 0 Å². The summed E-state index contributed by atoms with van der Waals surface area (Å²) >= 11 is 0. The second-order valence-corrected chi connectivity index (χ2v) is 5.25. The van der Waals surface area contributed by atoms with Gasteiger partial charge in [0.2, 0.25) is 0 Å². The van der Waals surface area contributed by atoms with E-state index in [1.165, 1.54) is 64.7 Å². The van der Waals surface area contributed by atoms with Crippen LogP contribution in [0.25, 0.3) is 0 Å². The first-order valence-corrected chi connectivity index (χ1v) is 8.55. The maximum absolute atomic E-state index is 8.81. The third-order valence-electron chi connectivity index (χ3n) is 3.23. The quantitative estimate of drug-likeness (QED) is 0.639. The number of ether oxygens (including phenoxy) is 3. The molecule has 0 unspecified atom stereocenters. The molecule has 0 spiro atoms. The number of carbonyl (C=O) groups excluding carboxylic acids is 1. The fourth-order valence-corrected chi connectivity index (χ4v) is 2.06. The third-order valence-corrected chi connectivity index (χ3v) is 3.23. The average Bonchev–Trinajstić information content (AvgIpc) is 2.61. The van der Waals surface area contributed by atoms with Crippen molar-refractivity contribution in [2.45, 2.75) is 64.7 Å². The highest BCUT2D eigenvalue weighted by Gasteiger charge is 1.96. The van der Waals surface area contributed by atoms with Crippen LogP contribution in [0.3, 0.4) is 0 Å². The summed E-state index contributed by atoms with van der Waals surface area (Å²) in [5.41, 5.74) is 0. The Morgan fingerprint density at radius 3 is 0.762 bits per heavy atom. The van der Waals surface area contributed by atoms with Gasteiger partial charge in [0.25, 0.3) is 0 Å². The standard InChI is InChI=1S/3C5H10O.C2H4O/c3*1-2-4-6-5-3-1;1-2-3/h3*1-5H2;2H,1H3. The molecule has 3 heterocycles. The Kier molecular flexibility index (Phi) is 19.1. The fourth-order valence-electron chi connectivity index (χ4n) is 2.06. The van der Waals surface area contributed by atoms with Crippen LogP contribution in [0.1, 0.15) is 64.7 Å². The Hall–Kier alpha value is -0.450.